The van der Waals surface area contributed by atoms with Gasteiger partial charge in [0, 0.05) is 39.1 Å². The van der Waals surface area contributed by atoms with E-state index in [1.165, 1.54) is 0 Å². The molecule has 2 heterocycles. The number of amides is 1. The lowest BCUT2D eigenvalue weighted by atomic mass is 10.0. The van der Waals surface area contributed by atoms with Gasteiger partial charge in [0.1, 0.15) is 5.82 Å². The number of rotatable bonds is 5. The van der Waals surface area contributed by atoms with E-state index < -0.39 is 0 Å². The second-order valence-electron chi connectivity index (χ2n) is 6.28. The molecule has 132 valence electrons. The van der Waals surface area contributed by atoms with Gasteiger partial charge in [-0.25, -0.2) is 4.98 Å². The van der Waals surface area contributed by atoms with Crippen LogP contribution in [0.1, 0.15) is 27.7 Å². The van der Waals surface area contributed by atoms with Gasteiger partial charge in [-0.2, -0.15) is 0 Å². The van der Waals surface area contributed by atoms with Gasteiger partial charge in [0.15, 0.2) is 0 Å². The van der Waals surface area contributed by atoms with Crippen LogP contribution in [0.4, 0.5) is 5.82 Å². The number of hydrogen-bond donors (Lipinski definition) is 0. The van der Waals surface area contributed by atoms with E-state index in [2.05, 4.69) is 9.97 Å². The first kappa shape index (κ1) is 17.6. The van der Waals surface area contributed by atoms with Crippen molar-refractivity contribution in [3.8, 4) is 0 Å². The zero-order valence-electron chi connectivity index (χ0n) is 15.2. The van der Waals surface area contributed by atoms with Crippen LogP contribution in [0.5, 0.6) is 0 Å². The molecule has 3 aromatic rings. The number of hydrogen-bond acceptors (Lipinski definition) is 4. The molecule has 5 heteroatoms. The van der Waals surface area contributed by atoms with Gasteiger partial charge in [-0.1, -0.05) is 36.4 Å². The Balaban J connectivity index is 1.99. The van der Waals surface area contributed by atoms with E-state index in [-0.39, 0.29) is 11.9 Å². The lowest BCUT2D eigenvalue weighted by molar-refractivity contribution is 0.0752. The summed E-state index contributed by atoms with van der Waals surface area (Å²) in [5.74, 6) is 0.674. The zero-order valence-corrected chi connectivity index (χ0v) is 15.2. The lowest BCUT2D eigenvalue weighted by Crippen LogP contribution is -2.32. The predicted molar refractivity (Wildman–Crippen MR) is 103 cm³/mol. The average molecular weight is 346 g/mol. The number of carbonyl (C=O) groups is 1. The molecule has 0 saturated carbocycles. The highest BCUT2D eigenvalue weighted by Gasteiger charge is 2.25. The Morgan fingerprint density at radius 2 is 1.62 bits per heavy atom. The van der Waals surface area contributed by atoms with E-state index in [0.29, 0.717) is 5.56 Å². The van der Waals surface area contributed by atoms with Crippen LogP contribution in [0.25, 0.3) is 0 Å². The first-order valence-corrected chi connectivity index (χ1v) is 8.44. The van der Waals surface area contributed by atoms with Crippen molar-refractivity contribution < 1.29 is 4.79 Å². The molecular formula is C21H22N4O. The van der Waals surface area contributed by atoms with Crippen LogP contribution in [-0.4, -0.2) is 41.9 Å². The van der Waals surface area contributed by atoms with Crippen LogP contribution in [-0.2, 0) is 0 Å². The third-order valence-corrected chi connectivity index (χ3v) is 4.24. The smallest absolute Gasteiger partial charge is 0.254 e. The number of aromatic nitrogens is 2. The summed E-state index contributed by atoms with van der Waals surface area (Å²) in [5.41, 5.74) is 2.45. The molecule has 0 N–H and O–H groups in total. The van der Waals surface area contributed by atoms with Crippen LogP contribution in [0.2, 0.25) is 0 Å². The highest BCUT2D eigenvalue weighted by molar-refractivity contribution is 5.95. The maximum absolute atomic E-state index is 13.2. The van der Waals surface area contributed by atoms with Crippen LogP contribution >= 0.6 is 0 Å². The largest absolute Gasteiger partial charge is 0.363 e. The number of benzene rings is 1. The summed E-state index contributed by atoms with van der Waals surface area (Å²) in [6, 6.07) is 19.0. The molecule has 1 amide bonds. The molecule has 0 bridgehead atoms. The summed E-state index contributed by atoms with van der Waals surface area (Å²) >= 11 is 0. The Bertz CT molecular complexity index is 826. The molecule has 26 heavy (non-hydrogen) atoms. The van der Waals surface area contributed by atoms with Gasteiger partial charge in [-0.05, 0) is 29.8 Å². The minimum Gasteiger partial charge on any atom is -0.363 e. The predicted octanol–water partition coefficient (Wildman–Crippen LogP) is 3.40. The fourth-order valence-corrected chi connectivity index (χ4v) is 2.88. The molecule has 0 spiro atoms. The second-order valence-corrected chi connectivity index (χ2v) is 6.28. The summed E-state index contributed by atoms with van der Waals surface area (Å²) < 4.78 is 0. The zero-order chi connectivity index (χ0) is 18.5. The summed E-state index contributed by atoms with van der Waals surface area (Å²) in [6.45, 7) is 0. The number of pyridine rings is 2. The Kier molecular flexibility index (Phi) is 5.27. The SMILES string of the molecule is CN(C)c1cc(C(=O)N(C)[C@@H](c2ccccc2)c2ccccn2)ccn1. The second kappa shape index (κ2) is 7.78. The van der Waals surface area contributed by atoms with Crippen molar-refractivity contribution in [2.45, 2.75) is 6.04 Å². The van der Waals surface area contributed by atoms with Gasteiger partial charge in [-0.15, -0.1) is 0 Å². The number of carbonyl (C=O) groups excluding carboxylic acids is 1. The van der Waals surface area contributed by atoms with Crippen LogP contribution in [0.3, 0.4) is 0 Å². The summed E-state index contributed by atoms with van der Waals surface area (Å²) in [7, 11) is 5.62. The van der Waals surface area contributed by atoms with Gasteiger partial charge in [0.2, 0.25) is 0 Å². The summed E-state index contributed by atoms with van der Waals surface area (Å²) in [4.78, 5) is 25.5. The number of nitrogens with zero attached hydrogens (tertiary/aromatic N) is 4. The fraction of sp³-hybridized carbons (Fsp3) is 0.190. The van der Waals surface area contributed by atoms with E-state index in [4.69, 9.17) is 0 Å². The topological polar surface area (TPSA) is 49.3 Å². The highest BCUT2D eigenvalue weighted by atomic mass is 16.2. The first-order chi connectivity index (χ1) is 12.6. The molecule has 0 aliphatic heterocycles. The Hall–Kier alpha value is -3.21. The monoisotopic (exact) mass is 346 g/mol. The molecule has 0 aliphatic rings. The molecule has 3 rings (SSSR count). The Morgan fingerprint density at radius 1 is 0.885 bits per heavy atom. The van der Waals surface area contributed by atoms with Crippen molar-refractivity contribution in [2.75, 3.05) is 26.0 Å². The lowest BCUT2D eigenvalue weighted by Gasteiger charge is -2.28. The molecule has 0 fully saturated rings. The molecule has 5 nitrogen and oxygen atoms in total. The molecule has 0 unspecified atom stereocenters. The van der Waals surface area contributed by atoms with Crippen molar-refractivity contribution in [3.05, 3.63) is 89.9 Å². The summed E-state index contributed by atoms with van der Waals surface area (Å²) in [5, 5.41) is 0. The van der Waals surface area contributed by atoms with Gasteiger partial charge < -0.3 is 9.80 Å². The van der Waals surface area contributed by atoms with Crippen molar-refractivity contribution in [2.24, 2.45) is 0 Å². The van der Waals surface area contributed by atoms with Gasteiger partial charge >= 0.3 is 0 Å². The van der Waals surface area contributed by atoms with Crippen LogP contribution in [0.15, 0.2) is 73.1 Å². The first-order valence-electron chi connectivity index (χ1n) is 8.44. The normalized spacial score (nSPS) is 11.7. The highest BCUT2D eigenvalue weighted by Crippen LogP contribution is 2.27. The maximum Gasteiger partial charge on any atom is 0.254 e. The third kappa shape index (κ3) is 3.72. The fourth-order valence-electron chi connectivity index (χ4n) is 2.88. The quantitative estimate of drug-likeness (QED) is 0.710. The van der Waals surface area contributed by atoms with Crippen molar-refractivity contribution >= 4 is 11.7 Å². The molecule has 0 saturated heterocycles. The standard InChI is InChI=1S/C21H22N4O/c1-24(2)19-15-17(12-14-23-19)21(26)25(3)20(16-9-5-4-6-10-16)18-11-7-8-13-22-18/h4-15,20H,1-3H3/t20-/m0/s1. The van der Waals surface area contributed by atoms with Crippen molar-refractivity contribution in [1.29, 1.82) is 0 Å². The van der Waals surface area contributed by atoms with Gasteiger partial charge in [0.05, 0.1) is 11.7 Å². The van der Waals surface area contributed by atoms with E-state index >= 15 is 0 Å². The van der Waals surface area contributed by atoms with E-state index in [1.54, 1.807) is 29.4 Å². The van der Waals surface area contributed by atoms with Crippen molar-refractivity contribution in [1.82, 2.24) is 14.9 Å². The molecule has 0 radical (unpaired) electrons. The van der Waals surface area contributed by atoms with E-state index in [0.717, 1.165) is 17.1 Å². The van der Waals surface area contributed by atoms with Crippen LogP contribution < -0.4 is 4.90 Å². The molecule has 1 atom stereocenters. The Labute approximate surface area is 153 Å². The molecule has 0 aliphatic carbocycles. The third-order valence-electron chi connectivity index (χ3n) is 4.24. The number of anilines is 1. The minimum absolute atomic E-state index is 0.0741. The molecule has 1 aromatic carbocycles. The van der Waals surface area contributed by atoms with Gasteiger partial charge in [0.25, 0.3) is 5.91 Å². The average Bonchev–Trinajstić information content (AvgIpc) is 2.69. The Morgan fingerprint density at radius 3 is 2.27 bits per heavy atom. The molecular weight excluding hydrogens is 324 g/mol. The summed E-state index contributed by atoms with van der Waals surface area (Å²) in [6.07, 6.45) is 3.41. The van der Waals surface area contributed by atoms with E-state index in [9.17, 15) is 4.79 Å². The molecule has 2 aromatic heterocycles. The van der Waals surface area contributed by atoms with Crippen LogP contribution in [0, 0.1) is 0 Å². The maximum atomic E-state index is 13.2. The van der Waals surface area contributed by atoms with E-state index in [1.807, 2.05) is 74.6 Å². The van der Waals surface area contributed by atoms with Gasteiger partial charge in [-0.3, -0.25) is 9.78 Å². The van der Waals surface area contributed by atoms with Crippen molar-refractivity contribution in [3.63, 3.8) is 0 Å². The minimum atomic E-state index is -0.263.